The van der Waals surface area contributed by atoms with Crippen molar-refractivity contribution in [1.29, 1.82) is 0 Å². The smallest absolute Gasteiger partial charge is 0.356 e. The Morgan fingerprint density at radius 2 is 2.31 bits per heavy atom. The maximum absolute atomic E-state index is 10.7. The first kappa shape index (κ1) is 10.1. The highest BCUT2D eigenvalue weighted by Gasteiger charge is 2.18. The second kappa shape index (κ2) is 3.79. The van der Waals surface area contributed by atoms with E-state index in [1.165, 1.54) is 0 Å². The van der Waals surface area contributed by atoms with Crippen molar-refractivity contribution in [1.82, 2.24) is 9.55 Å². The molecule has 5 heteroatoms. The van der Waals surface area contributed by atoms with Gasteiger partial charge < -0.3 is 9.67 Å². The zero-order chi connectivity index (χ0) is 8.55. The van der Waals surface area contributed by atoms with Crippen LogP contribution in [-0.4, -0.2) is 20.6 Å². The van der Waals surface area contributed by atoms with Crippen LogP contribution in [0.3, 0.4) is 0 Å². The SMILES string of the molecule is Cl.O=C(O)c1ncn2c1CCCC2. The standard InChI is InChI=1S/C8H10N2O2.ClH/c11-8(12)7-6-3-1-2-4-10(6)5-9-7;/h5H,1-4H2,(H,11,12);1H. The van der Waals surface area contributed by atoms with Gasteiger partial charge in [0, 0.05) is 6.54 Å². The average molecular weight is 203 g/mol. The lowest BCUT2D eigenvalue weighted by atomic mass is 10.1. The monoisotopic (exact) mass is 202 g/mol. The summed E-state index contributed by atoms with van der Waals surface area (Å²) in [6, 6.07) is 0. The first-order chi connectivity index (χ1) is 5.79. The number of carbonyl (C=O) groups is 1. The summed E-state index contributed by atoms with van der Waals surface area (Å²) in [6.45, 7) is 0.912. The molecule has 0 amide bonds. The number of aromatic carboxylic acids is 1. The molecule has 0 unspecified atom stereocenters. The van der Waals surface area contributed by atoms with Crippen LogP contribution in [0.2, 0.25) is 0 Å². The van der Waals surface area contributed by atoms with Gasteiger partial charge in [0.05, 0.1) is 12.0 Å². The molecule has 0 bridgehead atoms. The van der Waals surface area contributed by atoms with Crippen molar-refractivity contribution in [3.8, 4) is 0 Å². The van der Waals surface area contributed by atoms with Gasteiger partial charge in [-0.15, -0.1) is 12.4 Å². The predicted octanol–water partition coefficient (Wildman–Crippen LogP) is 1.34. The average Bonchev–Trinajstić information content (AvgIpc) is 2.47. The number of carboxylic acid groups (broad SMARTS) is 1. The summed E-state index contributed by atoms with van der Waals surface area (Å²) in [5.41, 5.74) is 1.11. The van der Waals surface area contributed by atoms with E-state index < -0.39 is 5.97 Å². The Morgan fingerprint density at radius 1 is 1.54 bits per heavy atom. The van der Waals surface area contributed by atoms with Crippen molar-refractivity contribution < 1.29 is 9.90 Å². The van der Waals surface area contributed by atoms with Crippen LogP contribution in [0.4, 0.5) is 0 Å². The van der Waals surface area contributed by atoms with Gasteiger partial charge in [-0.25, -0.2) is 9.78 Å². The number of halogens is 1. The fourth-order valence-corrected chi connectivity index (χ4v) is 1.62. The second-order valence-corrected chi connectivity index (χ2v) is 3.00. The second-order valence-electron chi connectivity index (χ2n) is 3.00. The molecular formula is C8H11ClN2O2. The third kappa shape index (κ3) is 1.67. The van der Waals surface area contributed by atoms with Crippen LogP contribution < -0.4 is 0 Å². The van der Waals surface area contributed by atoms with E-state index >= 15 is 0 Å². The molecule has 0 aliphatic carbocycles. The van der Waals surface area contributed by atoms with E-state index in [1.807, 2.05) is 4.57 Å². The van der Waals surface area contributed by atoms with Crippen molar-refractivity contribution in [2.75, 3.05) is 0 Å². The Morgan fingerprint density at radius 3 is 3.00 bits per heavy atom. The van der Waals surface area contributed by atoms with Gasteiger partial charge in [0.25, 0.3) is 0 Å². The first-order valence-electron chi connectivity index (χ1n) is 4.06. The van der Waals surface area contributed by atoms with Crippen LogP contribution in [0.25, 0.3) is 0 Å². The zero-order valence-electron chi connectivity index (χ0n) is 7.06. The molecule has 72 valence electrons. The highest BCUT2D eigenvalue weighted by atomic mass is 35.5. The van der Waals surface area contributed by atoms with Crippen molar-refractivity contribution in [3.63, 3.8) is 0 Å². The molecule has 1 aromatic heterocycles. The van der Waals surface area contributed by atoms with Crippen molar-refractivity contribution in [2.24, 2.45) is 0 Å². The van der Waals surface area contributed by atoms with E-state index in [9.17, 15) is 4.79 Å². The number of carboxylic acids is 1. The van der Waals surface area contributed by atoms with Crippen LogP contribution in [-0.2, 0) is 13.0 Å². The fraction of sp³-hybridized carbons (Fsp3) is 0.500. The number of hydrogen-bond acceptors (Lipinski definition) is 2. The van der Waals surface area contributed by atoms with E-state index in [0.29, 0.717) is 0 Å². The quantitative estimate of drug-likeness (QED) is 0.748. The summed E-state index contributed by atoms with van der Waals surface area (Å²) >= 11 is 0. The van der Waals surface area contributed by atoms with Crippen molar-refractivity contribution in [3.05, 3.63) is 17.7 Å². The van der Waals surface area contributed by atoms with E-state index in [2.05, 4.69) is 4.98 Å². The van der Waals surface area contributed by atoms with Crippen LogP contribution in [0.15, 0.2) is 6.33 Å². The van der Waals surface area contributed by atoms with Crippen LogP contribution in [0.5, 0.6) is 0 Å². The third-order valence-corrected chi connectivity index (χ3v) is 2.21. The number of aryl methyl sites for hydroxylation is 1. The topological polar surface area (TPSA) is 55.1 Å². The Kier molecular flexibility index (Phi) is 2.93. The lowest BCUT2D eigenvalue weighted by molar-refractivity contribution is 0.0689. The Hall–Kier alpha value is -1.03. The summed E-state index contributed by atoms with van der Waals surface area (Å²) in [5.74, 6) is -0.911. The van der Waals surface area contributed by atoms with Gasteiger partial charge in [0.1, 0.15) is 0 Å². The summed E-state index contributed by atoms with van der Waals surface area (Å²) in [6.07, 6.45) is 4.67. The lowest BCUT2D eigenvalue weighted by Gasteiger charge is -2.13. The molecule has 4 nitrogen and oxygen atoms in total. The normalized spacial score (nSPS) is 14.5. The number of nitrogens with zero attached hydrogens (tertiary/aromatic N) is 2. The van der Waals surface area contributed by atoms with Crippen molar-refractivity contribution >= 4 is 18.4 Å². The van der Waals surface area contributed by atoms with Crippen LogP contribution in [0.1, 0.15) is 29.0 Å². The molecule has 0 saturated carbocycles. The van der Waals surface area contributed by atoms with Gasteiger partial charge in [-0.3, -0.25) is 0 Å². The lowest BCUT2D eigenvalue weighted by Crippen LogP contribution is -2.12. The molecule has 2 heterocycles. The van der Waals surface area contributed by atoms with Gasteiger partial charge >= 0.3 is 5.97 Å². The first-order valence-corrected chi connectivity index (χ1v) is 4.06. The molecule has 2 rings (SSSR count). The molecule has 1 aromatic rings. The third-order valence-electron chi connectivity index (χ3n) is 2.21. The molecule has 0 saturated heterocycles. The molecule has 0 aromatic carbocycles. The molecule has 0 radical (unpaired) electrons. The molecule has 1 aliphatic heterocycles. The Balaban J connectivity index is 0.000000845. The maximum atomic E-state index is 10.7. The summed E-state index contributed by atoms with van der Waals surface area (Å²) < 4.78 is 1.94. The van der Waals surface area contributed by atoms with E-state index in [0.717, 1.165) is 31.5 Å². The number of fused-ring (bicyclic) bond motifs is 1. The van der Waals surface area contributed by atoms with Crippen LogP contribution >= 0.6 is 12.4 Å². The predicted molar refractivity (Wildman–Crippen MR) is 49.4 cm³/mol. The number of imidazole rings is 1. The molecule has 0 spiro atoms. The highest BCUT2D eigenvalue weighted by molar-refractivity contribution is 5.86. The molecule has 13 heavy (non-hydrogen) atoms. The van der Waals surface area contributed by atoms with Gasteiger partial charge in [-0.05, 0) is 19.3 Å². The molecule has 0 atom stereocenters. The van der Waals surface area contributed by atoms with Gasteiger partial charge in [0.15, 0.2) is 5.69 Å². The number of rotatable bonds is 1. The number of hydrogen-bond donors (Lipinski definition) is 1. The maximum Gasteiger partial charge on any atom is 0.356 e. The van der Waals surface area contributed by atoms with Gasteiger partial charge in [-0.1, -0.05) is 0 Å². The minimum Gasteiger partial charge on any atom is -0.476 e. The van der Waals surface area contributed by atoms with Crippen molar-refractivity contribution in [2.45, 2.75) is 25.8 Å². The minimum absolute atomic E-state index is 0. The Labute approximate surface area is 82.0 Å². The largest absolute Gasteiger partial charge is 0.476 e. The number of aromatic nitrogens is 2. The molecule has 1 aliphatic rings. The van der Waals surface area contributed by atoms with E-state index in [-0.39, 0.29) is 18.1 Å². The Bertz CT molecular complexity index is 322. The summed E-state index contributed by atoms with van der Waals surface area (Å²) in [5, 5.41) is 8.75. The fourth-order valence-electron chi connectivity index (χ4n) is 1.62. The van der Waals surface area contributed by atoms with E-state index in [1.54, 1.807) is 6.33 Å². The summed E-state index contributed by atoms with van der Waals surface area (Å²) in [4.78, 5) is 14.5. The molecular weight excluding hydrogens is 192 g/mol. The summed E-state index contributed by atoms with van der Waals surface area (Å²) in [7, 11) is 0. The highest BCUT2D eigenvalue weighted by Crippen LogP contribution is 2.17. The zero-order valence-corrected chi connectivity index (χ0v) is 7.88. The van der Waals surface area contributed by atoms with Gasteiger partial charge in [0.2, 0.25) is 0 Å². The molecule has 1 N–H and O–H groups in total. The minimum atomic E-state index is -0.911. The van der Waals surface area contributed by atoms with Crippen LogP contribution in [0, 0.1) is 0 Å². The van der Waals surface area contributed by atoms with E-state index in [4.69, 9.17) is 5.11 Å². The molecule has 0 fully saturated rings. The van der Waals surface area contributed by atoms with Gasteiger partial charge in [-0.2, -0.15) is 0 Å².